The van der Waals surface area contributed by atoms with Gasteiger partial charge in [0.25, 0.3) is 5.91 Å². The summed E-state index contributed by atoms with van der Waals surface area (Å²) >= 11 is 0. The molecular formula is C17H19N5O. The Balaban J connectivity index is 1.39. The smallest absolute Gasteiger partial charge is 0.255 e. The Kier molecular flexibility index (Phi) is 3.67. The number of aromatic nitrogens is 2. The molecule has 2 aliphatic heterocycles. The van der Waals surface area contributed by atoms with E-state index in [-0.39, 0.29) is 5.91 Å². The van der Waals surface area contributed by atoms with E-state index < -0.39 is 0 Å². The predicted molar refractivity (Wildman–Crippen MR) is 87.1 cm³/mol. The van der Waals surface area contributed by atoms with E-state index in [9.17, 15) is 4.79 Å². The molecule has 0 spiro atoms. The minimum atomic E-state index is -0.0702. The van der Waals surface area contributed by atoms with Crippen molar-refractivity contribution in [2.45, 2.75) is 13.1 Å². The van der Waals surface area contributed by atoms with Gasteiger partial charge in [-0.15, -0.1) is 0 Å². The van der Waals surface area contributed by atoms with Crippen molar-refractivity contribution in [1.82, 2.24) is 20.2 Å². The summed E-state index contributed by atoms with van der Waals surface area (Å²) < 4.78 is 0. The molecule has 0 saturated carbocycles. The molecule has 1 fully saturated rings. The molecule has 6 heteroatoms. The summed E-state index contributed by atoms with van der Waals surface area (Å²) in [5, 5.41) is 2.78. The molecule has 6 nitrogen and oxygen atoms in total. The fourth-order valence-corrected chi connectivity index (χ4v) is 3.09. The van der Waals surface area contributed by atoms with E-state index in [2.05, 4.69) is 49.4 Å². The van der Waals surface area contributed by atoms with Crippen molar-refractivity contribution >= 4 is 11.9 Å². The Bertz CT molecular complexity index is 710. The van der Waals surface area contributed by atoms with Crippen LogP contribution in [-0.2, 0) is 13.1 Å². The molecule has 3 heterocycles. The summed E-state index contributed by atoms with van der Waals surface area (Å²) in [6.45, 7) is 5.30. The van der Waals surface area contributed by atoms with Crippen molar-refractivity contribution in [2.75, 3.05) is 31.1 Å². The summed E-state index contributed by atoms with van der Waals surface area (Å²) in [5.74, 6) is 0.666. The van der Waals surface area contributed by atoms with E-state index in [0.717, 1.165) is 44.4 Å². The van der Waals surface area contributed by atoms with E-state index in [1.54, 1.807) is 6.20 Å². The number of rotatable bonds is 3. The molecule has 1 saturated heterocycles. The largest absolute Gasteiger partial charge is 0.346 e. The molecule has 118 valence electrons. The van der Waals surface area contributed by atoms with E-state index in [4.69, 9.17) is 0 Å². The van der Waals surface area contributed by atoms with E-state index >= 15 is 0 Å². The standard InChI is InChI=1S/C17H19N5O/c23-16-14-10-19-17(20-15(14)11-18-16)22-8-6-21(7-9-22)12-13-4-2-1-3-5-13/h1-5,10H,6-9,11-12H2,(H,18,23). The lowest BCUT2D eigenvalue weighted by molar-refractivity contribution is 0.0965. The lowest BCUT2D eigenvalue weighted by Gasteiger charge is -2.34. The quantitative estimate of drug-likeness (QED) is 0.918. The fourth-order valence-electron chi connectivity index (χ4n) is 3.09. The van der Waals surface area contributed by atoms with Crippen LogP contribution in [-0.4, -0.2) is 47.0 Å². The highest BCUT2D eigenvalue weighted by atomic mass is 16.1. The third-order valence-electron chi connectivity index (χ3n) is 4.42. The minimum absolute atomic E-state index is 0.0702. The molecule has 1 aromatic heterocycles. The number of piperazine rings is 1. The molecule has 2 aliphatic rings. The number of benzene rings is 1. The first-order chi connectivity index (χ1) is 11.3. The molecule has 1 amide bonds. The van der Waals surface area contributed by atoms with Crippen molar-refractivity contribution in [1.29, 1.82) is 0 Å². The molecular weight excluding hydrogens is 290 g/mol. The van der Waals surface area contributed by atoms with E-state index in [1.807, 2.05) is 6.07 Å². The summed E-state index contributed by atoms with van der Waals surface area (Å²) in [6, 6.07) is 10.5. The number of carbonyl (C=O) groups excluding carboxylic acids is 1. The summed E-state index contributed by atoms with van der Waals surface area (Å²) in [5.41, 5.74) is 2.77. The van der Waals surface area contributed by atoms with E-state index in [1.165, 1.54) is 5.56 Å². The number of carbonyl (C=O) groups is 1. The maximum atomic E-state index is 11.6. The lowest BCUT2D eigenvalue weighted by atomic mass is 10.2. The van der Waals surface area contributed by atoms with Crippen LogP contribution in [0.1, 0.15) is 21.6 Å². The van der Waals surface area contributed by atoms with Crippen LogP contribution in [0.15, 0.2) is 36.5 Å². The number of hydrogen-bond donors (Lipinski definition) is 1. The first kappa shape index (κ1) is 14.1. The molecule has 2 aromatic rings. The minimum Gasteiger partial charge on any atom is -0.346 e. The molecule has 0 unspecified atom stereocenters. The molecule has 4 rings (SSSR count). The second-order valence-corrected chi connectivity index (χ2v) is 5.96. The van der Waals surface area contributed by atoms with Gasteiger partial charge in [-0.1, -0.05) is 30.3 Å². The van der Waals surface area contributed by atoms with Gasteiger partial charge < -0.3 is 10.2 Å². The second kappa shape index (κ2) is 5.96. The zero-order chi connectivity index (χ0) is 15.6. The number of fused-ring (bicyclic) bond motifs is 1. The average Bonchev–Trinajstić information content (AvgIpc) is 2.97. The number of hydrogen-bond acceptors (Lipinski definition) is 5. The zero-order valence-corrected chi connectivity index (χ0v) is 12.9. The topological polar surface area (TPSA) is 61.4 Å². The number of anilines is 1. The van der Waals surface area contributed by atoms with Crippen molar-refractivity contribution in [3.05, 3.63) is 53.3 Å². The number of nitrogens with one attached hydrogen (secondary N) is 1. The maximum absolute atomic E-state index is 11.6. The van der Waals surface area contributed by atoms with Crippen molar-refractivity contribution in [3.63, 3.8) is 0 Å². The monoisotopic (exact) mass is 309 g/mol. The van der Waals surface area contributed by atoms with Crippen LogP contribution in [0.5, 0.6) is 0 Å². The Morgan fingerprint density at radius 3 is 2.65 bits per heavy atom. The van der Waals surface area contributed by atoms with Crippen LogP contribution in [0.4, 0.5) is 5.95 Å². The summed E-state index contributed by atoms with van der Waals surface area (Å²) in [4.78, 5) is 25.1. The number of amides is 1. The Morgan fingerprint density at radius 2 is 1.87 bits per heavy atom. The van der Waals surface area contributed by atoms with E-state index in [0.29, 0.717) is 12.1 Å². The van der Waals surface area contributed by atoms with Gasteiger partial charge in [0, 0.05) is 38.9 Å². The highest BCUT2D eigenvalue weighted by molar-refractivity contribution is 5.97. The second-order valence-electron chi connectivity index (χ2n) is 5.96. The van der Waals surface area contributed by atoms with Gasteiger partial charge in [-0.25, -0.2) is 9.97 Å². The summed E-state index contributed by atoms with van der Waals surface area (Å²) in [6.07, 6.45) is 1.65. The molecule has 0 radical (unpaired) electrons. The highest BCUT2D eigenvalue weighted by Gasteiger charge is 2.24. The first-order valence-electron chi connectivity index (χ1n) is 7.95. The maximum Gasteiger partial charge on any atom is 0.255 e. The van der Waals surface area contributed by atoms with Crippen LogP contribution in [0.25, 0.3) is 0 Å². The van der Waals surface area contributed by atoms with Gasteiger partial charge in [0.2, 0.25) is 5.95 Å². The van der Waals surface area contributed by atoms with Crippen LogP contribution in [0.3, 0.4) is 0 Å². The molecule has 0 aliphatic carbocycles. The predicted octanol–water partition coefficient (Wildman–Crippen LogP) is 1.04. The van der Waals surface area contributed by atoms with Crippen molar-refractivity contribution in [3.8, 4) is 0 Å². The van der Waals surface area contributed by atoms with Crippen molar-refractivity contribution < 1.29 is 4.79 Å². The highest BCUT2D eigenvalue weighted by Crippen LogP contribution is 2.18. The Hall–Kier alpha value is -2.47. The van der Waals surface area contributed by atoms with Gasteiger partial charge in [-0.2, -0.15) is 0 Å². The number of nitrogens with zero attached hydrogens (tertiary/aromatic N) is 4. The molecule has 1 N–H and O–H groups in total. The Labute approximate surface area is 135 Å². The van der Waals surface area contributed by atoms with Crippen LogP contribution >= 0.6 is 0 Å². The van der Waals surface area contributed by atoms with Crippen molar-refractivity contribution in [2.24, 2.45) is 0 Å². The fraction of sp³-hybridized carbons (Fsp3) is 0.353. The zero-order valence-electron chi connectivity index (χ0n) is 12.9. The van der Waals surface area contributed by atoms with Crippen LogP contribution in [0, 0.1) is 0 Å². The van der Waals surface area contributed by atoms with Crippen LogP contribution in [0.2, 0.25) is 0 Å². The normalized spacial score (nSPS) is 17.9. The third kappa shape index (κ3) is 2.90. The van der Waals surface area contributed by atoms with Gasteiger partial charge in [-0.05, 0) is 5.56 Å². The SMILES string of the molecule is O=C1NCc2nc(N3CCN(Cc4ccccc4)CC3)ncc21. The van der Waals surface area contributed by atoms with Crippen LogP contribution < -0.4 is 10.2 Å². The molecule has 23 heavy (non-hydrogen) atoms. The summed E-state index contributed by atoms with van der Waals surface area (Å²) in [7, 11) is 0. The first-order valence-corrected chi connectivity index (χ1v) is 7.95. The van der Waals surface area contributed by atoms with Gasteiger partial charge in [0.1, 0.15) is 0 Å². The lowest BCUT2D eigenvalue weighted by Crippen LogP contribution is -2.46. The molecule has 1 aromatic carbocycles. The van der Waals surface area contributed by atoms with Gasteiger partial charge >= 0.3 is 0 Å². The third-order valence-corrected chi connectivity index (χ3v) is 4.42. The molecule has 0 bridgehead atoms. The van der Waals surface area contributed by atoms with Gasteiger partial charge in [0.05, 0.1) is 17.8 Å². The Morgan fingerprint density at radius 1 is 1.09 bits per heavy atom. The van der Waals surface area contributed by atoms with Gasteiger partial charge in [-0.3, -0.25) is 9.69 Å². The molecule has 0 atom stereocenters. The average molecular weight is 309 g/mol. The van der Waals surface area contributed by atoms with Gasteiger partial charge in [0.15, 0.2) is 0 Å².